The number of carbonyl (C=O) groups is 1. The minimum atomic E-state index is -0.511. The standard InChI is InChI=1S/C18H21N3O4/c1-13-4-7-15(8-5-13)25-11-10-20(3)18(22)14-6-9-16(19-2)17(12-14)21(23)24/h4-9,12,19H,10-11H2,1-3H3. The highest BCUT2D eigenvalue weighted by Crippen LogP contribution is 2.25. The van der Waals surface area contributed by atoms with E-state index in [2.05, 4.69) is 5.32 Å². The number of hydrogen-bond acceptors (Lipinski definition) is 5. The van der Waals surface area contributed by atoms with Crippen LogP contribution in [-0.4, -0.2) is 43.0 Å². The molecule has 1 amide bonds. The zero-order valence-electron chi connectivity index (χ0n) is 14.5. The molecule has 0 aliphatic heterocycles. The highest BCUT2D eigenvalue weighted by atomic mass is 16.6. The number of benzene rings is 2. The van der Waals surface area contributed by atoms with Gasteiger partial charge in [0.1, 0.15) is 18.0 Å². The largest absolute Gasteiger partial charge is 0.492 e. The third kappa shape index (κ3) is 4.69. The summed E-state index contributed by atoms with van der Waals surface area (Å²) in [5, 5.41) is 13.8. The number of rotatable bonds is 7. The van der Waals surface area contributed by atoms with Crippen LogP contribution in [0.25, 0.3) is 0 Å². The molecule has 2 rings (SSSR count). The minimum absolute atomic E-state index is 0.127. The highest BCUT2D eigenvalue weighted by molar-refractivity contribution is 5.95. The lowest BCUT2D eigenvalue weighted by Crippen LogP contribution is -2.30. The van der Waals surface area contributed by atoms with Gasteiger partial charge in [0.25, 0.3) is 11.6 Å². The lowest BCUT2D eigenvalue weighted by molar-refractivity contribution is -0.384. The van der Waals surface area contributed by atoms with Crippen LogP contribution in [0.2, 0.25) is 0 Å². The van der Waals surface area contributed by atoms with Crippen LogP contribution in [0, 0.1) is 17.0 Å². The first-order valence-electron chi connectivity index (χ1n) is 7.83. The van der Waals surface area contributed by atoms with Gasteiger partial charge in [-0.3, -0.25) is 14.9 Å². The number of nitrogens with one attached hydrogen (secondary N) is 1. The van der Waals surface area contributed by atoms with Gasteiger partial charge in [0, 0.05) is 25.7 Å². The molecule has 0 radical (unpaired) electrons. The van der Waals surface area contributed by atoms with E-state index in [0.717, 1.165) is 11.3 Å². The SMILES string of the molecule is CNc1ccc(C(=O)N(C)CCOc2ccc(C)cc2)cc1[N+](=O)[O-]. The molecule has 0 atom stereocenters. The summed E-state index contributed by atoms with van der Waals surface area (Å²) in [5.74, 6) is 0.443. The summed E-state index contributed by atoms with van der Waals surface area (Å²) in [6.45, 7) is 2.70. The Balaban J connectivity index is 1.98. The molecule has 1 N–H and O–H groups in total. The van der Waals surface area contributed by atoms with Gasteiger partial charge in [0.2, 0.25) is 0 Å². The van der Waals surface area contributed by atoms with Crippen molar-refractivity contribution in [2.24, 2.45) is 0 Å². The number of likely N-dealkylation sites (N-methyl/N-ethyl adjacent to an activating group) is 1. The molecule has 0 unspecified atom stereocenters. The molecule has 25 heavy (non-hydrogen) atoms. The average molecular weight is 343 g/mol. The van der Waals surface area contributed by atoms with E-state index >= 15 is 0 Å². The van der Waals surface area contributed by atoms with Gasteiger partial charge in [-0.15, -0.1) is 0 Å². The Morgan fingerprint density at radius 2 is 1.92 bits per heavy atom. The lowest BCUT2D eigenvalue weighted by atomic mass is 10.1. The summed E-state index contributed by atoms with van der Waals surface area (Å²) in [6.07, 6.45) is 0. The molecule has 2 aromatic rings. The van der Waals surface area contributed by atoms with Crippen LogP contribution in [-0.2, 0) is 0 Å². The molecule has 132 valence electrons. The van der Waals surface area contributed by atoms with Crippen molar-refractivity contribution in [1.29, 1.82) is 0 Å². The van der Waals surface area contributed by atoms with Crippen LogP contribution in [0.1, 0.15) is 15.9 Å². The second kappa shape index (κ2) is 8.14. The number of aryl methyl sites for hydroxylation is 1. The molecule has 0 fully saturated rings. The Bertz CT molecular complexity index is 759. The van der Waals surface area contributed by atoms with Gasteiger partial charge in [0.05, 0.1) is 11.5 Å². The van der Waals surface area contributed by atoms with Gasteiger partial charge in [-0.2, -0.15) is 0 Å². The molecule has 0 bridgehead atoms. The first-order chi connectivity index (χ1) is 11.9. The van der Waals surface area contributed by atoms with Gasteiger partial charge in [-0.25, -0.2) is 0 Å². The number of amides is 1. The molecule has 0 spiro atoms. The average Bonchev–Trinajstić information content (AvgIpc) is 2.62. The van der Waals surface area contributed by atoms with Crippen LogP contribution in [0.5, 0.6) is 5.75 Å². The van der Waals surface area contributed by atoms with E-state index in [1.165, 1.54) is 17.0 Å². The first-order valence-corrected chi connectivity index (χ1v) is 7.83. The first kappa shape index (κ1) is 18.3. The summed E-state index contributed by atoms with van der Waals surface area (Å²) in [4.78, 5) is 24.5. The smallest absolute Gasteiger partial charge is 0.293 e. The fourth-order valence-electron chi connectivity index (χ4n) is 2.28. The summed E-state index contributed by atoms with van der Waals surface area (Å²) in [6, 6.07) is 12.0. The summed E-state index contributed by atoms with van der Waals surface area (Å²) in [5.41, 5.74) is 1.65. The predicted molar refractivity (Wildman–Crippen MR) is 96.3 cm³/mol. The van der Waals surface area contributed by atoms with Gasteiger partial charge in [-0.1, -0.05) is 17.7 Å². The second-order valence-electron chi connectivity index (χ2n) is 5.63. The molecular formula is C18H21N3O4. The minimum Gasteiger partial charge on any atom is -0.492 e. The number of ether oxygens (including phenoxy) is 1. The molecule has 2 aromatic carbocycles. The fourth-order valence-corrected chi connectivity index (χ4v) is 2.28. The number of nitrogens with zero attached hydrogens (tertiary/aromatic N) is 2. The van der Waals surface area contributed by atoms with Crippen molar-refractivity contribution in [2.45, 2.75) is 6.92 Å². The van der Waals surface area contributed by atoms with Crippen molar-refractivity contribution >= 4 is 17.3 Å². The third-order valence-electron chi connectivity index (χ3n) is 3.77. The van der Waals surface area contributed by atoms with Crippen LogP contribution in [0.15, 0.2) is 42.5 Å². The molecule has 0 saturated carbocycles. The molecule has 0 heterocycles. The zero-order chi connectivity index (χ0) is 18.4. The van der Waals surface area contributed by atoms with Crippen LogP contribution in [0.3, 0.4) is 0 Å². The molecule has 0 aromatic heterocycles. The van der Waals surface area contributed by atoms with Gasteiger partial charge < -0.3 is 15.0 Å². The Hall–Kier alpha value is -3.09. The third-order valence-corrected chi connectivity index (χ3v) is 3.77. The van der Waals surface area contributed by atoms with Crippen molar-refractivity contribution in [1.82, 2.24) is 4.90 Å². The number of nitro groups is 1. The maximum Gasteiger partial charge on any atom is 0.293 e. The van der Waals surface area contributed by atoms with Crippen LogP contribution < -0.4 is 10.1 Å². The van der Waals surface area contributed by atoms with E-state index in [9.17, 15) is 14.9 Å². The Kier molecular flexibility index (Phi) is 5.94. The van der Waals surface area contributed by atoms with E-state index in [-0.39, 0.29) is 17.2 Å². The van der Waals surface area contributed by atoms with Gasteiger partial charge in [-0.05, 0) is 31.2 Å². The highest BCUT2D eigenvalue weighted by Gasteiger charge is 2.19. The Labute approximate surface area is 146 Å². The molecule has 0 aliphatic carbocycles. The van der Waals surface area contributed by atoms with Gasteiger partial charge in [0.15, 0.2) is 0 Å². The number of anilines is 1. The molecule has 0 saturated heterocycles. The van der Waals surface area contributed by atoms with Crippen molar-refractivity contribution in [2.75, 3.05) is 32.6 Å². The maximum absolute atomic E-state index is 12.4. The molecule has 0 aliphatic rings. The van der Waals surface area contributed by atoms with E-state index < -0.39 is 4.92 Å². The van der Waals surface area contributed by atoms with Crippen molar-refractivity contribution in [3.63, 3.8) is 0 Å². The molecular weight excluding hydrogens is 322 g/mol. The Morgan fingerprint density at radius 3 is 2.52 bits per heavy atom. The predicted octanol–water partition coefficient (Wildman–Crippen LogP) is 3.10. The topological polar surface area (TPSA) is 84.7 Å². The van der Waals surface area contributed by atoms with Crippen molar-refractivity contribution in [3.8, 4) is 5.75 Å². The fraction of sp³-hybridized carbons (Fsp3) is 0.278. The van der Waals surface area contributed by atoms with E-state index in [0.29, 0.717) is 18.8 Å². The van der Waals surface area contributed by atoms with Crippen molar-refractivity contribution in [3.05, 3.63) is 63.7 Å². The van der Waals surface area contributed by atoms with E-state index in [1.54, 1.807) is 20.2 Å². The summed E-state index contributed by atoms with van der Waals surface area (Å²) in [7, 11) is 3.23. The van der Waals surface area contributed by atoms with E-state index in [4.69, 9.17) is 4.74 Å². The monoisotopic (exact) mass is 343 g/mol. The molecule has 7 heteroatoms. The van der Waals surface area contributed by atoms with E-state index in [1.807, 2.05) is 31.2 Å². The van der Waals surface area contributed by atoms with Crippen LogP contribution >= 0.6 is 0 Å². The maximum atomic E-state index is 12.4. The normalized spacial score (nSPS) is 10.2. The second-order valence-corrected chi connectivity index (χ2v) is 5.63. The number of carbonyl (C=O) groups excluding carboxylic acids is 1. The summed E-state index contributed by atoms with van der Waals surface area (Å²) < 4.78 is 5.60. The van der Waals surface area contributed by atoms with Crippen LogP contribution in [0.4, 0.5) is 11.4 Å². The lowest BCUT2D eigenvalue weighted by Gasteiger charge is -2.18. The molecule has 7 nitrogen and oxygen atoms in total. The van der Waals surface area contributed by atoms with Crippen molar-refractivity contribution < 1.29 is 14.5 Å². The zero-order valence-corrected chi connectivity index (χ0v) is 14.5. The summed E-state index contributed by atoms with van der Waals surface area (Å²) >= 11 is 0. The number of nitro benzene ring substituents is 1. The Morgan fingerprint density at radius 1 is 1.24 bits per heavy atom. The number of hydrogen-bond donors (Lipinski definition) is 1. The van der Waals surface area contributed by atoms with Gasteiger partial charge >= 0.3 is 0 Å². The quantitative estimate of drug-likeness (QED) is 0.617.